The maximum absolute atomic E-state index is 15.6. The summed E-state index contributed by atoms with van der Waals surface area (Å²) in [6.45, 7) is 0. The zero-order valence-corrected chi connectivity index (χ0v) is 27.8. The van der Waals surface area contributed by atoms with E-state index in [1.807, 2.05) is 12.1 Å². The summed E-state index contributed by atoms with van der Waals surface area (Å²) in [6, 6.07) is 29.7. The van der Waals surface area contributed by atoms with Gasteiger partial charge in [-0.2, -0.15) is 0 Å². The van der Waals surface area contributed by atoms with Gasteiger partial charge in [-0.15, -0.1) is 0 Å². The van der Waals surface area contributed by atoms with Gasteiger partial charge >= 0.3 is 37.2 Å². The standard InChI is InChI=1S/C40H21O12P/c41-35(20-13-15-26-28(17-20)39(45)50-37(26)43)48-31-19-33(53(47)32-12-6-4-9-24(32)22-7-3-5-11-30(22)52-53)34(25-10-2-1-8-23(25)31)49-36(42)21-14-16-27-29(18-21)40(46)51-38(27)44/h1-19,36,42H. The molecule has 0 saturated heterocycles. The van der Waals surface area contributed by atoms with E-state index in [1.165, 1.54) is 42.5 Å². The van der Waals surface area contributed by atoms with Crippen LogP contribution in [0.4, 0.5) is 0 Å². The molecule has 0 amide bonds. The minimum atomic E-state index is -4.22. The van der Waals surface area contributed by atoms with Crippen molar-refractivity contribution in [3.05, 3.63) is 149 Å². The molecule has 6 aromatic carbocycles. The smallest absolute Gasteiger partial charge is 0.346 e. The van der Waals surface area contributed by atoms with Crippen molar-refractivity contribution >= 4 is 58.6 Å². The molecule has 13 heteroatoms. The van der Waals surface area contributed by atoms with Crippen LogP contribution in [0.15, 0.2) is 115 Å². The lowest BCUT2D eigenvalue weighted by Gasteiger charge is -2.31. The Labute approximate surface area is 298 Å². The van der Waals surface area contributed by atoms with Crippen LogP contribution in [-0.4, -0.2) is 35.0 Å². The average molecular weight is 725 g/mol. The van der Waals surface area contributed by atoms with Gasteiger partial charge in [-0.05, 0) is 54.1 Å². The first-order chi connectivity index (χ1) is 25.6. The van der Waals surface area contributed by atoms with Crippen molar-refractivity contribution in [1.29, 1.82) is 0 Å². The van der Waals surface area contributed by atoms with E-state index in [9.17, 15) is 29.1 Å². The summed E-state index contributed by atoms with van der Waals surface area (Å²) < 4.78 is 43.5. The molecule has 0 bridgehead atoms. The molecule has 1 N–H and O–H groups in total. The van der Waals surface area contributed by atoms with Crippen molar-refractivity contribution in [2.24, 2.45) is 0 Å². The molecule has 3 aliphatic rings. The third kappa shape index (κ3) is 5.03. The first-order valence-electron chi connectivity index (χ1n) is 16.0. The maximum atomic E-state index is 15.6. The van der Waals surface area contributed by atoms with Crippen LogP contribution in [0, 0.1) is 0 Å². The second kappa shape index (κ2) is 11.8. The molecule has 0 aliphatic carbocycles. The number of hydrogen-bond acceptors (Lipinski definition) is 12. The molecule has 53 heavy (non-hydrogen) atoms. The van der Waals surface area contributed by atoms with E-state index in [0.717, 1.165) is 0 Å². The number of fused-ring (bicyclic) bond motifs is 6. The van der Waals surface area contributed by atoms with Gasteiger partial charge in [-0.1, -0.05) is 66.7 Å². The Balaban J connectivity index is 1.22. The summed E-state index contributed by atoms with van der Waals surface area (Å²) in [7, 11) is -4.22. The molecule has 9 rings (SSSR count). The fourth-order valence-electron chi connectivity index (χ4n) is 6.63. The summed E-state index contributed by atoms with van der Waals surface area (Å²) in [6.07, 6.45) is -1.77. The summed E-state index contributed by atoms with van der Waals surface area (Å²) in [5.41, 5.74) is 1.24. The van der Waals surface area contributed by atoms with Gasteiger partial charge in [0.05, 0.1) is 38.4 Å². The molecular weight excluding hydrogens is 703 g/mol. The Hall–Kier alpha value is -6.88. The van der Waals surface area contributed by atoms with Crippen LogP contribution in [0.3, 0.4) is 0 Å². The Morgan fingerprint density at radius 1 is 0.604 bits per heavy atom. The zero-order chi connectivity index (χ0) is 36.6. The minimum absolute atomic E-state index is 0.0118. The van der Waals surface area contributed by atoms with Crippen LogP contribution in [0.5, 0.6) is 17.2 Å². The molecule has 12 nitrogen and oxygen atoms in total. The number of carbonyl (C=O) groups is 5. The van der Waals surface area contributed by atoms with Gasteiger partial charge < -0.3 is 28.6 Å². The van der Waals surface area contributed by atoms with Gasteiger partial charge in [0.25, 0.3) is 0 Å². The summed E-state index contributed by atoms with van der Waals surface area (Å²) in [5, 5.41) is 12.3. The van der Waals surface area contributed by atoms with Crippen LogP contribution in [0.25, 0.3) is 21.9 Å². The van der Waals surface area contributed by atoms with Gasteiger partial charge in [-0.25, -0.2) is 24.0 Å². The van der Waals surface area contributed by atoms with Gasteiger partial charge in [0.2, 0.25) is 6.29 Å². The topological polar surface area (TPSA) is 169 Å². The van der Waals surface area contributed by atoms with E-state index >= 15 is 4.57 Å². The van der Waals surface area contributed by atoms with E-state index < -0.39 is 43.5 Å². The van der Waals surface area contributed by atoms with Crippen LogP contribution >= 0.6 is 7.37 Å². The summed E-state index contributed by atoms with van der Waals surface area (Å²) in [5.74, 6) is -4.15. The quantitative estimate of drug-likeness (QED) is 0.0696. The number of cyclic esters (lactones) is 4. The SMILES string of the molecule is O=C(Oc1cc(P2(=O)Oc3ccccc3-c3ccccc32)c(OC(O)c2ccc3c(c2)C(=O)OC3=O)c2ccccc12)c1ccc2c(c1)C(=O)OC2=O. The number of aliphatic hydroxyl groups is 1. The average Bonchev–Trinajstić information content (AvgIpc) is 3.63. The molecule has 0 fully saturated rings. The highest BCUT2D eigenvalue weighted by atomic mass is 31.2. The monoisotopic (exact) mass is 724 g/mol. The van der Waals surface area contributed by atoms with Crippen LogP contribution < -0.4 is 24.6 Å². The third-order valence-corrected chi connectivity index (χ3v) is 11.6. The predicted molar refractivity (Wildman–Crippen MR) is 186 cm³/mol. The normalized spacial score (nSPS) is 17.2. The second-order valence-electron chi connectivity index (χ2n) is 12.2. The Kier molecular flexibility index (Phi) is 7.16. The molecule has 3 aliphatic heterocycles. The number of carbonyl (C=O) groups excluding carboxylic acids is 5. The van der Waals surface area contributed by atoms with E-state index in [1.54, 1.807) is 60.7 Å². The predicted octanol–water partition coefficient (Wildman–Crippen LogP) is 6.04. The van der Waals surface area contributed by atoms with Crippen LogP contribution in [-0.2, 0) is 14.0 Å². The van der Waals surface area contributed by atoms with Gasteiger partial charge in [0.15, 0.2) is 0 Å². The number of esters is 5. The highest BCUT2D eigenvalue weighted by Crippen LogP contribution is 2.57. The number of ether oxygens (including phenoxy) is 4. The first kappa shape index (κ1) is 32.1. The number of benzene rings is 6. The molecule has 0 radical (unpaired) electrons. The maximum Gasteiger partial charge on any atom is 0.346 e. The Morgan fingerprint density at radius 2 is 1.21 bits per heavy atom. The lowest BCUT2D eigenvalue weighted by Crippen LogP contribution is -2.27. The fraction of sp³-hybridized carbons (Fsp3) is 0.0250. The summed E-state index contributed by atoms with van der Waals surface area (Å²) >= 11 is 0. The Morgan fingerprint density at radius 3 is 1.96 bits per heavy atom. The molecular formula is C40H21O12P. The lowest BCUT2D eigenvalue weighted by molar-refractivity contribution is -0.0176. The molecule has 0 saturated carbocycles. The minimum Gasteiger partial charge on any atom is -0.459 e. The molecule has 6 aromatic rings. The molecule has 2 unspecified atom stereocenters. The van der Waals surface area contributed by atoms with Gasteiger partial charge in [0, 0.05) is 21.9 Å². The first-order valence-corrected chi connectivity index (χ1v) is 17.7. The molecule has 258 valence electrons. The van der Waals surface area contributed by atoms with Gasteiger partial charge in [-0.3, -0.25) is 4.57 Å². The summed E-state index contributed by atoms with van der Waals surface area (Å²) in [4.78, 5) is 62.3. The van der Waals surface area contributed by atoms with Crippen molar-refractivity contribution in [1.82, 2.24) is 0 Å². The molecule has 0 spiro atoms. The molecule has 2 atom stereocenters. The highest BCUT2D eigenvalue weighted by molar-refractivity contribution is 7.75. The number of rotatable bonds is 6. The number of aliphatic hydroxyl groups excluding tert-OH is 1. The highest BCUT2D eigenvalue weighted by Gasteiger charge is 2.42. The Bertz CT molecular complexity index is 2720. The van der Waals surface area contributed by atoms with Crippen molar-refractivity contribution in [2.75, 3.05) is 0 Å². The number of para-hydroxylation sites is 1. The largest absolute Gasteiger partial charge is 0.459 e. The van der Waals surface area contributed by atoms with Crippen molar-refractivity contribution in [3.63, 3.8) is 0 Å². The van der Waals surface area contributed by atoms with Crippen molar-refractivity contribution in [2.45, 2.75) is 6.29 Å². The van der Waals surface area contributed by atoms with Crippen molar-refractivity contribution < 1.29 is 57.1 Å². The lowest BCUT2D eigenvalue weighted by atomic mass is 10.0. The van der Waals surface area contributed by atoms with E-state index in [0.29, 0.717) is 27.6 Å². The third-order valence-electron chi connectivity index (χ3n) is 9.15. The molecule has 3 heterocycles. The second-order valence-corrected chi connectivity index (χ2v) is 14.5. The van der Waals surface area contributed by atoms with E-state index in [2.05, 4.69) is 4.74 Å². The zero-order valence-electron chi connectivity index (χ0n) is 26.9. The van der Waals surface area contributed by atoms with Crippen LogP contribution in [0.1, 0.15) is 63.6 Å². The fourth-order valence-corrected chi connectivity index (χ4v) is 9.04. The van der Waals surface area contributed by atoms with Crippen molar-refractivity contribution in [3.8, 4) is 28.4 Å². The van der Waals surface area contributed by atoms with Gasteiger partial charge in [0.1, 0.15) is 17.2 Å². The van der Waals surface area contributed by atoms with E-state index in [4.69, 9.17) is 18.7 Å². The van der Waals surface area contributed by atoms with Crippen LogP contribution in [0.2, 0.25) is 0 Å². The molecule has 0 aromatic heterocycles. The number of hydrogen-bond donors (Lipinski definition) is 1. The van der Waals surface area contributed by atoms with E-state index in [-0.39, 0.29) is 55.6 Å².